The van der Waals surface area contributed by atoms with E-state index in [0.717, 1.165) is 22.4 Å². The second-order valence-electron chi connectivity index (χ2n) is 5.47. The molecule has 0 aliphatic heterocycles. The van der Waals surface area contributed by atoms with Gasteiger partial charge in [-0.25, -0.2) is 4.98 Å². The Balaban J connectivity index is 2.50. The molecule has 1 aromatic heterocycles. The van der Waals surface area contributed by atoms with E-state index in [1.54, 1.807) is 6.20 Å². The third kappa shape index (κ3) is 3.39. The molecule has 4 heteroatoms. The Morgan fingerprint density at radius 3 is 2.57 bits per heavy atom. The van der Waals surface area contributed by atoms with Crippen molar-refractivity contribution in [3.63, 3.8) is 0 Å². The number of pyridine rings is 1. The molecule has 2 N–H and O–H groups in total. The normalized spacial score (nSPS) is 10.7. The van der Waals surface area contributed by atoms with Crippen molar-refractivity contribution < 1.29 is 4.74 Å². The Bertz CT molecular complexity index is 680. The third-order valence-corrected chi connectivity index (χ3v) is 3.57. The van der Waals surface area contributed by atoms with Gasteiger partial charge in [-0.2, -0.15) is 0 Å². The van der Waals surface area contributed by atoms with Crippen LogP contribution in [0.4, 0.5) is 0 Å². The van der Waals surface area contributed by atoms with Gasteiger partial charge in [-0.05, 0) is 48.6 Å². The van der Waals surface area contributed by atoms with Crippen LogP contribution in [-0.4, -0.2) is 9.97 Å². The Morgan fingerprint density at radius 1 is 1.24 bits per heavy atom. The number of benzene rings is 1. The fraction of sp³-hybridized carbons (Fsp3) is 0.294. The van der Waals surface area contributed by atoms with E-state index in [1.807, 2.05) is 26.0 Å². The van der Waals surface area contributed by atoms with Crippen molar-refractivity contribution in [2.75, 3.05) is 0 Å². The lowest BCUT2D eigenvalue weighted by Gasteiger charge is -2.16. The molecule has 21 heavy (non-hydrogen) atoms. The van der Waals surface area contributed by atoms with Gasteiger partial charge in [0.2, 0.25) is 5.88 Å². The molecule has 1 aromatic carbocycles. The summed E-state index contributed by atoms with van der Waals surface area (Å²) >= 11 is 5.12. The van der Waals surface area contributed by atoms with Crippen molar-refractivity contribution in [2.24, 2.45) is 5.73 Å². The predicted molar refractivity (Wildman–Crippen MR) is 90.2 cm³/mol. The number of aryl methyl sites for hydroxylation is 2. The van der Waals surface area contributed by atoms with Crippen molar-refractivity contribution >= 4 is 17.2 Å². The van der Waals surface area contributed by atoms with Crippen LogP contribution in [0.3, 0.4) is 0 Å². The number of hydrogen-bond acceptors (Lipinski definition) is 3. The van der Waals surface area contributed by atoms with E-state index in [9.17, 15) is 0 Å². The lowest BCUT2D eigenvalue weighted by Crippen LogP contribution is -2.13. The minimum absolute atomic E-state index is 0.300. The standard InChI is InChI=1S/C17H20N2OS/c1-10(2)13-6-5-11(3)9-14(13)20-17-15(16(18)21)12(4)7-8-19-17/h5-10H,1-4H3,(H2,18,21). The zero-order valence-electron chi connectivity index (χ0n) is 12.8. The molecule has 0 saturated heterocycles. The van der Waals surface area contributed by atoms with Gasteiger partial charge in [0.1, 0.15) is 10.7 Å². The fourth-order valence-corrected chi connectivity index (χ4v) is 2.47. The Hall–Kier alpha value is -1.94. The van der Waals surface area contributed by atoms with Gasteiger partial charge in [-0.3, -0.25) is 0 Å². The number of rotatable bonds is 4. The molecule has 2 aromatic rings. The van der Waals surface area contributed by atoms with E-state index in [1.165, 1.54) is 0 Å². The maximum atomic E-state index is 6.05. The van der Waals surface area contributed by atoms with E-state index < -0.39 is 0 Å². The molecule has 0 bridgehead atoms. The first-order chi connectivity index (χ1) is 9.90. The number of hydrogen-bond donors (Lipinski definition) is 1. The molecule has 0 aliphatic rings. The summed E-state index contributed by atoms with van der Waals surface area (Å²) in [6, 6.07) is 8.07. The van der Waals surface area contributed by atoms with Crippen LogP contribution in [0, 0.1) is 13.8 Å². The summed E-state index contributed by atoms with van der Waals surface area (Å²) in [5.74, 6) is 1.63. The number of thiocarbonyl (C=S) groups is 1. The molecule has 0 aliphatic carbocycles. The molecule has 0 atom stereocenters. The molecule has 1 heterocycles. The van der Waals surface area contributed by atoms with E-state index >= 15 is 0 Å². The molecular formula is C17H20N2OS. The van der Waals surface area contributed by atoms with Gasteiger partial charge in [-0.15, -0.1) is 0 Å². The maximum absolute atomic E-state index is 6.05. The zero-order chi connectivity index (χ0) is 15.6. The van der Waals surface area contributed by atoms with Crippen molar-refractivity contribution in [2.45, 2.75) is 33.6 Å². The highest BCUT2D eigenvalue weighted by atomic mass is 32.1. The summed E-state index contributed by atoms with van der Waals surface area (Å²) in [7, 11) is 0. The summed E-state index contributed by atoms with van der Waals surface area (Å²) < 4.78 is 6.05. The Kier molecular flexibility index (Phi) is 4.58. The maximum Gasteiger partial charge on any atom is 0.229 e. The predicted octanol–water partition coefficient (Wildman–Crippen LogP) is 4.25. The van der Waals surface area contributed by atoms with Gasteiger partial charge in [0.25, 0.3) is 0 Å². The molecule has 0 amide bonds. The topological polar surface area (TPSA) is 48.1 Å². The number of nitrogens with two attached hydrogens (primary N) is 1. The lowest BCUT2D eigenvalue weighted by atomic mass is 10.0. The van der Waals surface area contributed by atoms with Gasteiger partial charge in [-0.1, -0.05) is 38.2 Å². The molecule has 0 spiro atoms. The van der Waals surface area contributed by atoms with Gasteiger partial charge in [0, 0.05) is 6.20 Å². The zero-order valence-corrected chi connectivity index (χ0v) is 13.6. The van der Waals surface area contributed by atoms with Gasteiger partial charge >= 0.3 is 0 Å². The van der Waals surface area contributed by atoms with Gasteiger partial charge in [0.15, 0.2) is 0 Å². The SMILES string of the molecule is Cc1ccc(C(C)C)c(Oc2nccc(C)c2C(N)=S)c1. The summed E-state index contributed by atoms with van der Waals surface area (Å²) in [5.41, 5.74) is 9.74. The quantitative estimate of drug-likeness (QED) is 0.858. The minimum atomic E-state index is 0.300. The molecule has 0 radical (unpaired) electrons. The second-order valence-corrected chi connectivity index (χ2v) is 5.91. The van der Waals surface area contributed by atoms with Crippen LogP contribution in [-0.2, 0) is 0 Å². The smallest absolute Gasteiger partial charge is 0.229 e. The van der Waals surface area contributed by atoms with Crippen LogP contribution < -0.4 is 10.5 Å². The van der Waals surface area contributed by atoms with Crippen LogP contribution >= 0.6 is 12.2 Å². The molecule has 0 unspecified atom stereocenters. The summed E-state index contributed by atoms with van der Waals surface area (Å²) in [5, 5.41) is 0. The summed E-state index contributed by atoms with van der Waals surface area (Å²) in [6.45, 7) is 8.25. The summed E-state index contributed by atoms with van der Waals surface area (Å²) in [6.07, 6.45) is 1.71. The first-order valence-electron chi connectivity index (χ1n) is 6.94. The molecule has 2 rings (SSSR count). The highest BCUT2D eigenvalue weighted by Crippen LogP contribution is 2.32. The summed E-state index contributed by atoms with van der Waals surface area (Å²) in [4.78, 5) is 4.60. The molecule has 110 valence electrons. The Labute approximate surface area is 131 Å². The lowest BCUT2D eigenvalue weighted by molar-refractivity contribution is 0.452. The van der Waals surface area contributed by atoms with Crippen LogP contribution in [0.2, 0.25) is 0 Å². The van der Waals surface area contributed by atoms with Crippen LogP contribution in [0.15, 0.2) is 30.5 Å². The van der Waals surface area contributed by atoms with E-state index in [0.29, 0.717) is 22.3 Å². The molecule has 0 fully saturated rings. The first kappa shape index (κ1) is 15.4. The number of aromatic nitrogens is 1. The monoisotopic (exact) mass is 300 g/mol. The van der Waals surface area contributed by atoms with Gasteiger partial charge in [0.05, 0.1) is 5.56 Å². The largest absolute Gasteiger partial charge is 0.438 e. The first-order valence-corrected chi connectivity index (χ1v) is 7.34. The van der Waals surface area contributed by atoms with Crippen molar-refractivity contribution in [3.05, 3.63) is 52.7 Å². The number of nitrogens with zero attached hydrogens (tertiary/aromatic N) is 1. The molecular weight excluding hydrogens is 280 g/mol. The van der Waals surface area contributed by atoms with Crippen molar-refractivity contribution in [3.8, 4) is 11.6 Å². The van der Waals surface area contributed by atoms with E-state index in [-0.39, 0.29) is 0 Å². The number of ether oxygens (including phenoxy) is 1. The highest BCUT2D eigenvalue weighted by molar-refractivity contribution is 7.80. The average molecular weight is 300 g/mol. The van der Waals surface area contributed by atoms with E-state index in [2.05, 4.69) is 31.0 Å². The fourth-order valence-electron chi connectivity index (χ4n) is 2.22. The second kappa shape index (κ2) is 6.22. The van der Waals surface area contributed by atoms with Crippen molar-refractivity contribution in [1.29, 1.82) is 0 Å². The van der Waals surface area contributed by atoms with Crippen LogP contribution in [0.5, 0.6) is 11.6 Å². The van der Waals surface area contributed by atoms with Crippen LogP contribution in [0.25, 0.3) is 0 Å². The minimum Gasteiger partial charge on any atom is -0.438 e. The Morgan fingerprint density at radius 2 is 1.95 bits per heavy atom. The van der Waals surface area contributed by atoms with E-state index in [4.69, 9.17) is 22.7 Å². The van der Waals surface area contributed by atoms with Crippen LogP contribution in [0.1, 0.15) is 42.0 Å². The molecule has 0 saturated carbocycles. The molecule has 3 nitrogen and oxygen atoms in total. The van der Waals surface area contributed by atoms with Gasteiger partial charge < -0.3 is 10.5 Å². The third-order valence-electron chi connectivity index (χ3n) is 3.37. The van der Waals surface area contributed by atoms with Crippen molar-refractivity contribution in [1.82, 2.24) is 4.98 Å². The highest BCUT2D eigenvalue weighted by Gasteiger charge is 2.15. The average Bonchev–Trinajstić information content (AvgIpc) is 2.37.